The zero-order chi connectivity index (χ0) is 24.2. The molecule has 2 heterocycles. The number of hydrogen-bond donors (Lipinski definition) is 1. The van der Waals surface area contributed by atoms with E-state index in [1.807, 2.05) is 24.3 Å². The van der Waals surface area contributed by atoms with E-state index in [1.165, 1.54) is 16.9 Å². The first-order valence-electron chi connectivity index (χ1n) is 12.3. The number of nitrogens with zero attached hydrogens (tertiary/aromatic N) is 2. The highest BCUT2D eigenvalue weighted by Crippen LogP contribution is 2.37. The number of methoxy groups -OCH3 is 2. The molecule has 0 bridgehead atoms. The molecule has 35 heavy (non-hydrogen) atoms. The maximum absolute atomic E-state index is 13.5. The van der Waals surface area contributed by atoms with Crippen LogP contribution in [0.2, 0.25) is 0 Å². The Hall–Kier alpha value is -3.67. The number of nitrogens with one attached hydrogen (secondary N) is 1. The number of carbonyl (C=O) groups excluding carboxylic acids is 1. The van der Waals surface area contributed by atoms with Gasteiger partial charge in [-0.2, -0.15) is 0 Å². The van der Waals surface area contributed by atoms with E-state index in [1.54, 1.807) is 14.2 Å². The van der Waals surface area contributed by atoms with Crippen molar-refractivity contribution in [1.29, 1.82) is 0 Å². The van der Waals surface area contributed by atoms with Crippen LogP contribution in [-0.4, -0.2) is 52.3 Å². The molecule has 0 saturated carbocycles. The topological polar surface area (TPSA) is 54.0 Å². The average Bonchev–Trinajstić information content (AvgIpc) is 2.92. The van der Waals surface area contributed by atoms with Gasteiger partial charge in [-0.1, -0.05) is 42.5 Å². The van der Waals surface area contributed by atoms with E-state index >= 15 is 0 Å². The summed E-state index contributed by atoms with van der Waals surface area (Å²) in [7, 11) is 3.27. The second kappa shape index (κ2) is 10.3. The highest BCUT2D eigenvalue weighted by Gasteiger charge is 2.41. The molecule has 5 rings (SSSR count). The summed E-state index contributed by atoms with van der Waals surface area (Å²) in [6.07, 6.45) is 1.50. The summed E-state index contributed by atoms with van der Waals surface area (Å²) in [5.74, 6) is 1.45. The van der Waals surface area contributed by atoms with E-state index in [0.717, 1.165) is 38.0 Å². The second-order valence-corrected chi connectivity index (χ2v) is 9.21. The Morgan fingerprint density at radius 3 is 2.51 bits per heavy atom. The number of piperazine rings is 1. The minimum absolute atomic E-state index is 0.0955. The maximum atomic E-state index is 13.5. The molecular formula is C29H33N3O3. The number of hydrogen-bond acceptors (Lipinski definition) is 5. The minimum Gasteiger partial charge on any atom is -0.493 e. The lowest BCUT2D eigenvalue weighted by atomic mass is 9.83. The van der Waals surface area contributed by atoms with Crippen LogP contribution in [-0.2, 0) is 17.6 Å². The van der Waals surface area contributed by atoms with Crippen LogP contribution >= 0.6 is 0 Å². The summed E-state index contributed by atoms with van der Waals surface area (Å²) in [5.41, 5.74) is 4.86. The van der Waals surface area contributed by atoms with Gasteiger partial charge in [0.2, 0.25) is 5.91 Å². The lowest BCUT2D eigenvalue weighted by Crippen LogP contribution is -2.61. The summed E-state index contributed by atoms with van der Waals surface area (Å²) in [5, 5.41) is 3.23. The van der Waals surface area contributed by atoms with Gasteiger partial charge in [0.15, 0.2) is 11.5 Å². The molecular weight excluding hydrogens is 438 g/mol. The van der Waals surface area contributed by atoms with Gasteiger partial charge in [-0.3, -0.25) is 4.79 Å². The molecule has 1 saturated heterocycles. The van der Waals surface area contributed by atoms with Crippen molar-refractivity contribution in [3.8, 4) is 11.5 Å². The molecule has 6 nitrogen and oxygen atoms in total. The lowest BCUT2D eigenvalue weighted by Gasteiger charge is -2.49. The summed E-state index contributed by atoms with van der Waals surface area (Å²) < 4.78 is 10.7. The molecule has 0 spiro atoms. The fourth-order valence-electron chi connectivity index (χ4n) is 5.43. The first kappa shape index (κ1) is 23.1. The van der Waals surface area contributed by atoms with Gasteiger partial charge in [0, 0.05) is 37.6 Å². The van der Waals surface area contributed by atoms with Gasteiger partial charge < -0.3 is 24.6 Å². The smallest absolute Gasteiger partial charge is 0.225 e. The van der Waals surface area contributed by atoms with E-state index in [0.29, 0.717) is 18.0 Å². The summed E-state index contributed by atoms with van der Waals surface area (Å²) in [6.45, 7) is 3.28. The third-order valence-electron chi connectivity index (χ3n) is 7.24. The van der Waals surface area contributed by atoms with Crippen molar-refractivity contribution in [3.05, 3.63) is 83.9 Å². The zero-order valence-corrected chi connectivity index (χ0v) is 20.4. The van der Waals surface area contributed by atoms with Crippen LogP contribution in [0.4, 0.5) is 11.4 Å². The van der Waals surface area contributed by atoms with E-state index < -0.39 is 0 Å². The van der Waals surface area contributed by atoms with Crippen LogP contribution in [0.15, 0.2) is 72.8 Å². The van der Waals surface area contributed by atoms with Crippen LogP contribution in [0.1, 0.15) is 11.1 Å². The first-order valence-corrected chi connectivity index (χ1v) is 12.3. The predicted molar refractivity (Wildman–Crippen MR) is 140 cm³/mol. The van der Waals surface area contributed by atoms with Crippen molar-refractivity contribution in [2.45, 2.75) is 18.9 Å². The highest BCUT2D eigenvalue weighted by atomic mass is 16.5. The molecule has 3 aromatic rings. The Morgan fingerprint density at radius 2 is 1.71 bits per heavy atom. The number of anilines is 2. The highest BCUT2D eigenvalue weighted by molar-refractivity contribution is 5.82. The van der Waals surface area contributed by atoms with Gasteiger partial charge in [-0.25, -0.2) is 0 Å². The molecule has 1 N–H and O–H groups in total. The van der Waals surface area contributed by atoms with Crippen LogP contribution in [0.5, 0.6) is 11.5 Å². The standard InChI is InChI=1S/C29H33N3O3/c1-34-27-13-12-21(18-28(27)35-2)14-15-30-29(33)24-19-22-8-6-7-11-25(22)32-17-16-31(20-26(24)32)23-9-4-3-5-10-23/h3-13,18,24,26H,14-17,19-20H2,1-2H3,(H,30,33)/t24-,26-/m1/s1. The van der Waals surface area contributed by atoms with Gasteiger partial charge in [-0.15, -0.1) is 0 Å². The summed E-state index contributed by atoms with van der Waals surface area (Å²) >= 11 is 0. The van der Waals surface area contributed by atoms with Gasteiger partial charge in [-0.05, 0) is 54.3 Å². The molecule has 6 heteroatoms. The number of fused-ring (bicyclic) bond motifs is 3. The molecule has 2 aliphatic rings. The molecule has 3 aromatic carbocycles. The lowest BCUT2D eigenvalue weighted by molar-refractivity contribution is -0.125. The minimum atomic E-state index is -0.0955. The molecule has 0 aromatic heterocycles. The normalized spacial score (nSPS) is 18.9. The van der Waals surface area contributed by atoms with Gasteiger partial charge in [0.25, 0.3) is 0 Å². The summed E-state index contributed by atoms with van der Waals surface area (Å²) in [6, 6.07) is 25.1. The SMILES string of the molecule is COc1ccc(CCNC(=O)[C@@H]2Cc3ccccc3N3CCN(c4ccccc4)C[C@H]23)cc1OC. The van der Waals surface area contributed by atoms with Crippen molar-refractivity contribution in [1.82, 2.24) is 5.32 Å². The Morgan fingerprint density at radius 1 is 0.943 bits per heavy atom. The molecule has 0 radical (unpaired) electrons. The number of rotatable bonds is 7. The molecule has 0 unspecified atom stereocenters. The van der Waals surface area contributed by atoms with E-state index in [2.05, 4.69) is 63.6 Å². The zero-order valence-electron chi connectivity index (χ0n) is 20.4. The Bertz CT molecular complexity index is 1170. The number of benzene rings is 3. The third-order valence-corrected chi connectivity index (χ3v) is 7.24. The van der Waals surface area contributed by atoms with Crippen molar-refractivity contribution < 1.29 is 14.3 Å². The molecule has 1 amide bonds. The van der Waals surface area contributed by atoms with Crippen LogP contribution in [0.3, 0.4) is 0 Å². The Kier molecular flexibility index (Phi) is 6.80. The van der Waals surface area contributed by atoms with Crippen molar-refractivity contribution in [2.75, 3.05) is 50.2 Å². The van der Waals surface area contributed by atoms with Crippen molar-refractivity contribution >= 4 is 17.3 Å². The van der Waals surface area contributed by atoms with Crippen LogP contribution in [0.25, 0.3) is 0 Å². The Balaban J connectivity index is 1.30. The van der Waals surface area contributed by atoms with Gasteiger partial charge >= 0.3 is 0 Å². The number of carbonyl (C=O) groups is 1. The average molecular weight is 472 g/mol. The van der Waals surface area contributed by atoms with Crippen LogP contribution < -0.4 is 24.6 Å². The van der Waals surface area contributed by atoms with Crippen molar-refractivity contribution in [2.24, 2.45) is 5.92 Å². The fourth-order valence-corrected chi connectivity index (χ4v) is 5.43. The van der Waals surface area contributed by atoms with Crippen molar-refractivity contribution in [3.63, 3.8) is 0 Å². The molecule has 1 fully saturated rings. The largest absolute Gasteiger partial charge is 0.493 e. The summed E-state index contributed by atoms with van der Waals surface area (Å²) in [4.78, 5) is 18.4. The molecule has 0 aliphatic carbocycles. The van der Waals surface area contributed by atoms with E-state index in [9.17, 15) is 4.79 Å². The Labute approximate surface area is 207 Å². The molecule has 2 aliphatic heterocycles. The van der Waals surface area contributed by atoms with Crippen LogP contribution in [0, 0.1) is 5.92 Å². The quantitative estimate of drug-likeness (QED) is 0.566. The maximum Gasteiger partial charge on any atom is 0.225 e. The monoisotopic (exact) mass is 471 g/mol. The van der Waals surface area contributed by atoms with Gasteiger partial charge in [0.05, 0.1) is 26.2 Å². The molecule has 2 atom stereocenters. The fraction of sp³-hybridized carbons (Fsp3) is 0.345. The number of amides is 1. The first-order chi connectivity index (χ1) is 17.2. The number of para-hydroxylation sites is 2. The van der Waals surface area contributed by atoms with Gasteiger partial charge in [0.1, 0.15) is 0 Å². The predicted octanol–water partition coefficient (Wildman–Crippen LogP) is 3.93. The number of ether oxygens (including phenoxy) is 2. The second-order valence-electron chi connectivity index (χ2n) is 9.21. The third kappa shape index (κ3) is 4.78. The van der Waals surface area contributed by atoms with E-state index in [-0.39, 0.29) is 17.9 Å². The molecule has 182 valence electrons. The van der Waals surface area contributed by atoms with E-state index in [4.69, 9.17) is 9.47 Å².